The highest BCUT2D eigenvalue weighted by Crippen LogP contribution is 2.43. The van der Waals surface area contributed by atoms with Gasteiger partial charge in [-0.15, -0.1) is 5.10 Å². The molecule has 4 N–H and O–H groups in total. The summed E-state index contributed by atoms with van der Waals surface area (Å²) < 4.78 is 19.0. The lowest BCUT2D eigenvalue weighted by atomic mass is 10.6. The van der Waals surface area contributed by atoms with Gasteiger partial charge in [-0.2, -0.15) is 0 Å². The van der Waals surface area contributed by atoms with E-state index in [2.05, 4.69) is 5.10 Å². The number of nitrogens with zero attached hydrogens (tertiary/aromatic N) is 3. The molecule has 0 bridgehead atoms. The predicted molar refractivity (Wildman–Crippen MR) is 45.2 cm³/mol. The van der Waals surface area contributed by atoms with E-state index in [1.165, 1.54) is 7.05 Å². The van der Waals surface area contributed by atoms with Crippen molar-refractivity contribution in [1.29, 1.82) is 0 Å². The molecule has 0 spiro atoms. The van der Waals surface area contributed by atoms with Gasteiger partial charge >= 0.3 is 5.69 Å². The van der Waals surface area contributed by atoms with Crippen molar-refractivity contribution in [2.75, 3.05) is 0 Å². The minimum atomic E-state index is -3.63. The van der Waals surface area contributed by atoms with Crippen molar-refractivity contribution >= 4 is 16.5 Å². The third-order valence-corrected chi connectivity index (χ3v) is 2.12. The van der Waals surface area contributed by atoms with E-state index in [0.717, 1.165) is 10.9 Å². The first-order valence-corrected chi connectivity index (χ1v) is 4.67. The van der Waals surface area contributed by atoms with E-state index in [4.69, 9.17) is 14.2 Å². The second-order valence-electron chi connectivity index (χ2n) is 2.34. The second kappa shape index (κ2) is 2.96. The summed E-state index contributed by atoms with van der Waals surface area (Å²) in [4.78, 5) is 9.60. The van der Waals surface area contributed by atoms with Gasteiger partial charge in [0.05, 0.1) is 4.92 Å². The lowest BCUT2D eigenvalue weighted by molar-refractivity contribution is -0.388. The summed E-state index contributed by atoms with van der Waals surface area (Å²) in [6, 6.07) is 0. The van der Waals surface area contributed by atoms with E-state index < -0.39 is 26.4 Å². The standard InChI is InChI=1S/C4H8N4O4S/c1-7-2-3(8(9)10)4(6-7)13(5,11)12/h2,11-12H,5H2,1H3. The summed E-state index contributed by atoms with van der Waals surface area (Å²) in [6.07, 6.45) is 1.05. The summed E-state index contributed by atoms with van der Waals surface area (Å²) in [5.41, 5.74) is -0.495. The Morgan fingerprint density at radius 2 is 2.31 bits per heavy atom. The van der Waals surface area contributed by atoms with Crippen molar-refractivity contribution in [3.63, 3.8) is 0 Å². The SMILES string of the molecule is Cn1cc([N+](=O)[O-])c(S(N)(O)O)n1. The molecule has 0 saturated carbocycles. The van der Waals surface area contributed by atoms with Crippen LogP contribution in [0.2, 0.25) is 0 Å². The number of hydrogen-bond donors (Lipinski definition) is 3. The Balaban J connectivity index is 3.28. The average Bonchev–Trinajstić information content (AvgIpc) is 2.29. The van der Waals surface area contributed by atoms with Gasteiger partial charge in [0.2, 0.25) is 0 Å². The third-order valence-electron chi connectivity index (χ3n) is 1.26. The summed E-state index contributed by atoms with van der Waals surface area (Å²) in [7, 11) is -2.21. The maximum atomic E-state index is 10.4. The van der Waals surface area contributed by atoms with Gasteiger partial charge in [-0.1, -0.05) is 10.8 Å². The maximum absolute atomic E-state index is 10.4. The van der Waals surface area contributed by atoms with Crippen molar-refractivity contribution in [1.82, 2.24) is 9.78 Å². The maximum Gasteiger partial charge on any atom is 0.331 e. The lowest BCUT2D eigenvalue weighted by Crippen LogP contribution is -2.11. The van der Waals surface area contributed by atoms with Crippen molar-refractivity contribution in [2.24, 2.45) is 12.2 Å². The molecular weight excluding hydrogens is 200 g/mol. The highest BCUT2D eigenvalue weighted by Gasteiger charge is 2.27. The predicted octanol–water partition coefficient (Wildman–Crippen LogP) is 0.311. The molecule has 0 saturated heterocycles. The number of aryl methyl sites for hydroxylation is 1. The van der Waals surface area contributed by atoms with Crippen molar-refractivity contribution in [3.05, 3.63) is 16.3 Å². The van der Waals surface area contributed by atoms with Crippen LogP contribution in [0.1, 0.15) is 0 Å². The first-order chi connectivity index (χ1) is 5.82. The number of nitrogens with two attached hydrogens (primary N) is 1. The van der Waals surface area contributed by atoms with E-state index in [0.29, 0.717) is 0 Å². The quantitative estimate of drug-likeness (QED) is 0.474. The Hall–Kier alpha value is -1.16. The van der Waals surface area contributed by atoms with Gasteiger partial charge in [-0.3, -0.25) is 23.9 Å². The molecule has 0 unspecified atom stereocenters. The zero-order chi connectivity index (χ0) is 10.2. The Bertz CT molecular complexity index is 342. The van der Waals surface area contributed by atoms with Gasteiger partial charge < -0.3 is 0 Å². The molecule has 74 valence electrons. The van der Waals surface area contributed by atoms with Gasteiger partial charge in [-0.05, 0) is 0 Å². The Morgan fingerprint density at radius 1 is 1.77 bits per heavy atom. The molecule has 9 heteroatoms. The fourth-order valence-electron chi connectivity index (χ4n) is 0.795. The molecule has 0 fully saturated rings. The Morgan fingerprint density at radius 3 is 2.62 bits per heavy atom. The number of hydrogen-bond acceptors (Lipinski definition) is 6. The largest absolute Gasteiger partial charge is 0.331 e. The number of aromatic nitrogens is 2. The highest BCUT2D eigenvalue weighted by molar-refractivity contribution is 8.22. The zero-order valence-corrected chi connectivity index (χ0v) is 7.43. The minimum absolute atomic E-state index is 0.495. The molecule has 1 rings (SSSR count). The van der Waals surface area contributed by atoms with Crippen LogP contribution >= 0.6 is 10.8 Å². The van der Waals surface area contributed by atoms with Gasteiger partial charge in [0.15, 0.2) is 0 Å². The van der Waals surface area contributed by atoms with Gasteiger partial charge in [0.1, 0.15) is 6.20 Å². The monoisotopic (exact) mass is 208 g/mol. The van der Waals surface area contributed by atoms with Crippen LogP contribution in [0.25, 0.3) is 0 Å². The minimum Gasteiger partial charge on any atom is -0.280 e. The molecule has 1 aromatic rings. The molecule has 0 aliphatic rings. The van der Waals surface area contributed by atoms with Crippen molar-refractivity contribution in [3.8, 4) is 0 Å². The van der Waals surface area contributed by atoms with Gasteiger partial charge in [-0.25, -0.2) is 5.14 Å². The van der Waals surface area contributed by atoms with Crippen LogP contribution in [-0.4, -0.2) is 23.8 Å². The fourth-order valence-corrected chi connectivity index (χ4v) is 1.48. The topological polar surface area (TPSA) is 127 Å². The zero-order valence-electron chi connectivity index (χ0n) is 6.62. The molecular formula is C4H8N4O4S. The second-order valence-corrected chi connectivity index (χ2v) is 3.92. The highest BCUT2D eigenvalue weighted by atomic mass is 32.3. The summed E-state index contributed by atoms with van der Waals surface area (Å²) in [5, 5.41) is 18.3. The van der Waals surface area contributed by atoms with Gasteiger partial charge in [0, 0.05) is 7.05 Å². The molecule has 0 aliphatic carbocycles. The van der Waals surface area contributed by atoms with Crippen molar-refractivity contribution < 1.29 is 14.0 Å². The van der Waals surface area contributed by atoms with Crippen LogP contribution < -0.4 is 5.14 Å². The molecule has 8 nitrogen and oxygen atoms in total. The lowest BCUT2D eigenvalue weighted by Gasteiger charge is -2.21. The van der Waals surface area contributed by atoms with E-state index in [-0.39, 0.29) is 0 Å². The van der Waals surface area contributed by atoms with Crippen LogP contribution in [0.15, 0.2) is 11.2 Å². The molecule has 0 radical (unpaired) electrons. The van der Waals surface area contributed by atoms with Gasteiger partial charge in [0.25, 0.3) is 5.03 Å². The van der Waals surface area contributed by atoms with Crippen LogP contribution in [0.5, 0.6) is 0 Å². The normalized spacial score (nSPS) is 12.9. The first-order valence-electron chi connectivity index (χ1n) is 3.06. The third kappa shape index (κ3) is 1.95. The van der Waals surface area contributed by atoms with Crippen molar-refractivity contribution in [2.45, 2.75) is 5.03 Å². The smallest absolute Gasteiger partial charge is 0.280 e. The van der Waals surface area contributed by atoms with E-state index in [1.807, 2.05) is 0 Å². The molecule has 1 aromatic heterocycles. The Kier molecular flexibility index (Phi) is 2.26. The van der Waals surface area contributed by atoms with Crippen LogP contribution in [0.4, 0.5) is 5.69 Å². The molecule has 0 amide bonds. The van der Waals surface area contributed by atoms with E-state index >= 15 is 0 Å². The summed E-state index contributed by atoms with van der Waals surface area (Å²) >= 11 is 0. The average molecular weight is 208 g/mol. The summed E-state index contributed by atoms with van der Waals surface area (Å²) in [6.45, 7) is 0. The Labute approximate surface area is 74.6 Å². The van der Waals surface area contributed by atoms with Crippen LogP contribution in [-0.2, 0) is 7.05 Å². The number of nitro groups is 1. The van der Waals surface area contributed by atoms with Crippen LogP contribution in [0, 0.1) is 10.1 Å². The number of rotatable bonds is 2. The molecule has 13 heavy (non-hydrogen) atoms. The van der Waals surface area contributed by atoms with E-state index in [9.17, 15) is 10.1 Å². The summed E-state index contributed by atoms with van der Waals surface area (Å²) in [5.74, 6) is 0. The van der Waals surface area contributed by atoms with Crippen LogP contribution in [0.3, 0.4) is 0 Å². The molecule has 0 atom stereocenters. The molecule has 1 heterocycles. The van der Waals surface area contributed by atoms with E-state index in [1.54, 1.807) is 0 Å². The molecule has 0 aliphatic heterocycles. The fraction of sp³-hybridized carbons (Fsp3) is 0.250. The molecule has 0 aromatic carbocycles. The first kappa shape index (κ1) is 9.92.